The molecule has 118 valence electrons. The second kappa shape index (κ2) is 5.73. The minimum absolute atomic E-state index is 0.0744. The molecule has 1 amide bonds. The zero-order chi connectivity index (χ0) is 15.8. The van der Waals surface area contributed by atoms with Crippen molar-refractivity contribution in [3.05, 3.63) is 47.7 Å². The van der Waals surface area contributed by atoms with Crippen LogP contribution in [0.15, 0.2) is 40.8 Å². The van der Waals surface area contributed by atoms with Crippen molar-refractivity contribution in [2.24, 2.45) is 0 Å². The molecule has 1 N–H and O–H groups in total. The van der Waals surface area contributed by atoms with E-state index in [0.29, 0.717) is 11.8 Å². The molecule has 3 nitrogen and oxygen atoms in total. The molecule has 1 saturated carbocycles. The summed E-state index contributed by atoms with van der Waals surface area (Å²) in [6, 6.07) is 12.6. The van der Waals surface area contributed by atoms with Gasteiger partial charge in [0, 0.05) is 22.4 Å². The Labute approximate surface area is 135 Å². The van der Waals surface area contributed by atoms with Crippen LogP contribution in [0.5, 0.6) is 0 Å². The number of carbonyl (C=O) groups is 1. The molecule has 0 bridgehead atoms. The Hall–Kier alpha value is -2.29. The first-order valence-corrected chi connectivity index (χ1v) is 8.46. The van der Waals surface area contributed by atoms with Crippen molar-refractivity contribution >= 4 is 27.6 Å². The lowest BCUT2D eigenvalue weighted by Gasteiger charge is -2.22. The Balaban J connectivity index is 1.73. The summed E-state index contributed by atoms with van der Waals surface area (Å²) in [6.45, 7) is 1.97. The molecule has 0 atom stereocenters. The van der Waals surface area contributed by atoms with Crippen molar-refractivity contribution in [3.63, 3.8) is 0 Å². The van der Waals surface area contributed by atoms with E-state index in [-0.39, 0.29) is 5.91 Å². The molecule has 3 heteroatoms. The van der Waals surface area contributed by atoms with Gasteiger partial charge in [-0.25, -0.2) is 0 Å². The molecule has 1 fully saturated rings. The molecule has 1 aliphatic carbocycles. The van der Waals surface area contributed by atoms with Crippen LogP contribution in [-0.4, -0.2) is 11.9 Å². The third-order valence-corrected chi connectivity index (χ3v) is 4.97. The minimum Gasteiger partial charge on any atom is -0.450 e. The number of fused-ring (bicyclic) bond motifs is 3. The van der Waals surface area contributed by atoms with E-state index in [2.05, 4.69) is 17.4 Å². The van der Waals surface area contributed by atoms with Gasteiger partial charge < -0.3 is 9.73 Å². The number of nitrogens with one attached hydrogen (secondary N) is 1. The average Bonchev–Trinajstić information content (AvgIpc) is 2.93. The SMILES string of the molecule is Cc1c(C(=O)NC2CCCCC2)oc2c1ccc1ccccc12. The summed E-state index contributed by atoms with van der Waals surface area (Å²) in [6.07, 6.45) is 5.84. The van der Waals surface area contributed by atoms with Crippen LogP contribution in [0.1, 0.15) is 48.2 Å². The maximum atomic E-state index is 12.6. The predicted octanol–water partition coefficient (Wildman–Crippen LogP) is 4.96. The van der Waals surface area contributed by atoms with Crippen LogP contribution >= 0.6 is 0 Å². The van der Waals surface area contributed by atoms with E-state index in [0.717, 1.165) is 40.1 Å². The van der Waals surface area contributed by atoms with Gasteiger partial charge in [0.15, 0.2) is 5.76 Å². The first-order valence-electron chi connectivity index (χ1n) is 8.46. The molecule has 0 unspecified atom stereocenters. The topological polar surface area (TPSA) is 42.2 Å². The highest BCUT2D eigenvalue weighted by Gasteiger charge is 2.22. The smallest absolute Gasteiger partial charge is 0.287 e. The lowest BCUT2D eigenvalue weighted by atomic mass is 9.95. The van der Waals surface area contributed by atoms with E-state index in [1.54, 1.807) is 0 Å². The van der Waals surface area contributed by atoms with Crippen LogP contribution in [0, 0.1) is 6.92 Å². The monoisotopic (exact) mass is 307 g/mol. The molecule has 0 spiro atoms. The van der Waals surface area contributed by atoms with Crippen LogP contribution in [0.2, 0.25) is 0 Å². The van der Waals surface area contributed by atoms with Gasteiger partial charge in [-0.05, 0) is 25.2 Å². The third-order valence-electron chi connectivity index (χ3n) is 4.97. The summed E-state index contributed by atoms with van der Waals surface area (Å²) >= 11 is 0. The van der Waals surface area contributed by atoms with Gasteiger partial charge in [0.2, 0.25) is 0 Å². The summed E-state index contributed by atoms with van der Waals surface area (Å²) in [5, 5.41) is 6.37. The largest absolute Gasteiger partial charge is 0.450 e. The minimum atomic E-state index is -0.0744. The van der Waals surface area contributed by atoms with E-state index in [1.165, 1.54) is 19.3 Å². The number of hydrogen-bond acceptors (Lipinski definition) is 2. The number of hydrogen-bond donors (Lipinski definition) is 1. The summed E-state index contributed by atoms with van der Waals surface area (Å²) in [4.78, 5) is 12.6. The zero-order valence-electron chi connectivity index (χ0n) is 13.4. The maximum absolute atomic E-state index is 12.6. The summed E-state index contributed by atoms with van der Waals surface area (Å²) < 4.78 is 6.00. The van der Waals surface area contributed by atoms with E-state index in [1.807, 2.05) is 31.2 Å². The van der Waals surface area contributed by atoms with Gasteiger partial charge >= 0.3 is 0 Å². The number of rotatable bonds is 2. The van der Waals surface area contributed by atoms with Crippen LogP contribution < -0.4 is 5.32 Å². The van der Waals surface area contributed by atoms with Gasteiger partial charge in [-0.2, -0.15) is 0 Å². The zero-order valence-corrected chi connectivity index (χ0v) is 13.4. The van der Waals surface area contributed by atoms with Gasteiger partial charge in [-0.15, -0.1) is 0 Å². The third kappa shape index (κ3) is 2.50. The van der Waals surface area contributed by atoms with Crippen LogP contribution in [0.25, 0.3) is 21.7 Å². The van der Waals surface area contributed by atoms with Crippen molar-refractivity contribution in [2.75, 3.05) is 0 Å². The molecular weight excluding hydrogens is 286 g/mol. The van der Waals surface area contributed by atoms with E-state index in [4.69, 9.17) is 4.42 Å². The molecular formula is C20H21NO2. The number of carbonyl (C=O) groups excluding carboxylic acids is 1. The second-order valence-corrected chi connectivity index (χ2v) is 6.53. The number of furan rings is 1. The van der Waals surface area contributed by atoms with Crippen molar-refractivity contribution < 1.29 is 9.21 Å². The van der Waals surface area contributed by atoms with E-state index in [9.17, 15) is 4.79 Å². The fourth-order valence-corrected chi connectivity index (χ4v) is 3.66. The molecule has 0 radical (unpaired) electrons. The molecule has 0 aliphatic heterocycles. The Morgan fingerprint density at radius 2 is 1.83 bits per heavy atom. The average molecular weight is 307 g/mol. The standard InChI is InChI=1S/C20H21NO2/c1-13-16-12-11-14-7-5-6-10-17(14)19(16)23-18(13)20(22)21-15-8-3-2-4-9-15/h5-7,10-12,15H,2-4,8-9H2,1H3,(H,21,22). The molecule has 1 aliphatic rings. The first kappa shape index (κ1) is 14.3. The highest BCUT2D eigenvalue weighted by Crippen LogP contribution is 2.32. The lowest BCUT2D eigenvalue weighted by molar-refractivity contribution is 0.0901. The fraction of sp³-hybridized carbons (Fsp3) is 0.350. The Kier molecular flexibility index (Phi) is 3.56. The maximum Gasteiger partial charge on any atom is 0.287 e. The summed E-state index contributed by atoms with van der Waals surface area (Å²) in [5.74, 6) is 0.386. The van der Waals surface area contributed by atoms with E-state index >= 15 is 0 Å². The van der Waals surface area contributed by atoms with Gasteiger partial charge in [-0.3, -0.25) is 4.79 Å². The number of amides is 1. The fourth-order valence-electron chi connectivity index (χ4n) is 3.66. The summed E-state index contributed by atoms with van der Waals surface area (Å²) in [7, 11) is 0. The van der Waals surface area contributed by atoms with Crippen molar-refractivity contribution in [3.8, 4) is 0 Å². The van der Waals surface area contributed by atoms with Crippen molar-refractivity contribution in [2.45, 2.75) is 45.1 Å². The van der Waals surface area contributed by atoms with Gasteiger partial charge in [0.05, 0.1) is 0 Å². The molecule has 0 saturated heterocycles. The predicted molar refractivity (Wildman–Crippen MR) is 92.8 cm³/mol. The lowest BCUT2D eigenvalue weighted by Crippen LogP contribution is -2.36. The second-order valence-electron chi connectivity index (χ2n) is 6.53. The molecule has 2 aromatic carbocycles. The quantitative estimate of drug-likeness (QED) is 0.727. The molecule has 3 aromatic rings. The van der Waals surface area contributed by atoms with Crippen LogP contribution in [-0.2, 0) is 0 Å². The molecule has 1 heterocycles. The van der Waals surface area contributed by atoms with Crippen LogP contribution in [0.3, 0.4) is 0 Å². The Morgan fingerprint density at radius 1 is 1.04 bits per heavy atom. The van der Waals surface area contributed by atoms with E-state index < -0.39 is 0 Å². The Morgan fingerprint density at radius 3 is 2.65 bits per heavy atom. The molecule has 1 aromatic heterocycles. The highest BCUT2D eigenvalue weighted by atomic mass is 16.3. The Bertz CT molecular complexity index is 872. The van der Waals surface area contributed by atoms with Gasteiger partial charge in [0.25, 0.3) is 5.91 Å². The summed E-state index contributed by atoms with van der Waals surface area (Å²) in [5.41, 5.74) is 1.74. The molecule has 4 rings (SSSR count). The number of aryl methyl sites for hydroxylation is 1. The highest BCUT2D eigenvalue weighted by molar-refractivity contribution is 6.08. The van der Waals surface area contributed by atoms with Crippen molar-refractivity contribution in [1.82, 2.24) is 5.32 Å². The number of benzene rings is 2. The first-order chi connectivity index (χ1) is 11.2. The molecule has 23 heavy (non-hydrogen) atoms. The van der Waals surface area contributed by atoms with Gasteiger partial charge in [0.1, 0.15) is 5.58 Å². The van der Waals surface area contributed by atoms with Gasteiger partial charge in [-0.1, -0.05) is 55.7 Å². The van der Waals surface area contributed by atoms with Crippen LogP contribution in [0.4, 0.5) is 0 Å². The van der Waals surface area contributed by atoms with Crippen molar-refractivity contribution in [1.29, 1.82) is 0 Å². The normalized spacial score (nSPS) is 16.0.